The second-order valence-corrected chi connectivity index (χ2v) is 7.63. The van der Waals surface area contributed by atoms with Crippen molar-refractivity contribution in [1.29, 1.82) is 0 Å². The molecule has 2 heterocycles. The Kier molecular flexibility index (Phi) is 5.10. The fraction of sp³-hybridized carbons (Fsp3) is 0.240. The van der Waals surface area contributed by atoms with Gasteiger partial charge in [0.25, 0.3) is 0 Å². The third-order valence-corrected chi connectivity index (χ3v) is 5.57. The Labute approximate surface area is 170 Å². The van der Waals surface area contributed by atoms with Gasteiger partial charge in [-0.25, -0.2) is 4.39 Å². The van der Waals surface area contributed by atoms with Crippen molar-refractivity contribution in [2.24, 2.45) is 0 Å². The van der Waals surface area contributed by atoms with E-state index in [1.54, 1.807) is 0 Å². The minimum absolute atomic E-state index is 0.219. The van der Waals surface area contributed by atoms with E-state index in [1.807, 2.05) is 24.4 Å². The van der Waals surface area contributed by atoms with Crippen LogP contribution in [0.3, 0.4) is 0 Å². The summed E-state index contributed by atoms with van der Waals surface area (Å²) in [6.07, 6.45) is 1.84. The molecule has 0 aliphatic heterocycles. The molecule has 4 rings (SSSR count). The van der Waals surface area contributed by atoms with Gasteiger partial charge in [0.2, 0.25) is 0 Å². The molecule has 2 aromatic carbocycles. The van der Waals surface area contributed by atoms with E-state index in [0.29, 0.717) is 13.2 Å². The van der Waals surface area contributed by atoms with Gasteiger partial charge in [0.1, 0.15) is 23.9 Å². The second-order valence-electron chi connectivity index (χ2n) is 7.63. The Balaban J connectivity index is 1.72. The number of halogens is 1. The number of benzene rings is 2. The van der Waals surface area contributed by atoms with Crippen LogP contribution in [-0.2, 0) is 13.2 Å². The van der Waals surface area contributed by atoms with Gasteiger partial charge >= 0.3 is 0 Å². The Bertz CT molecular complexity index is 1180. The maximum Gasteiger partial charge on any atom is 0.132 e. The Morgan fingerprint density at radius 1 is 0.966 bits per heavy atom. The molecular formula is C25H25FN2O. The van der Waals surface area contributed by atoms with Crippen LogP contribution in [0.15, 0.2) is 54.7 Å². The molecule has 0 aliphatic rings. The summed E-state index contributed by atoms with van der Waals surface area (Å²) in [6.45, 7) is 9.45. The summed E-state index contributed by atoms with van der Waals surface area (Å²) in [5.41, 5.74) is 7.79. The third kappa shape index (κ3) is 3.75. The van der Waals surface area contributed by atoms with E-state index < -0.39 is 0 Å². The lowest BCUT2D eigenvalue weighted by atomic mass is 10.1. The first-order chi connectivity index (χ1) is 13.9. The zero-order valence-electron chi connectivity index (χ0n) is 17.3. The van der Waals surface area contributed by atoms with Gasteiger partial charge in [-0.15, -0.1) is 0 Å². The van der Waals surface area contributed by atoms with Gasteiger partial charge in [-0.2, -0.15) is 0 Å². The van der Waals surface area contributed by atoms with Crippen molar-refractivity contribution >= 4 is 10.9 Å². The number of fused-ring (bicyclic) bond motifs is 1. The highest BCUT2D eigenvalue weighted by Gasteiger charge is 2.16. The summed E-state index contributed by atoms with van der Waals surface area (Å²) in [5.74, 6) is 0.655. The quantitative estimate of drug-likeness (QED) is 0.417. The summed E-state index contributed by atoms with van der Waals surface area (Å²) in [4.78, 5) is 4.63. The smallest absolute Gasteiger partial charge is 0.132 e. The second kappa shape index (κ2) is 7.70. The normalized spacial score (nSPS) is 11.2. The predicted molar refractivity (Wildman–Crippen MR) is 115 cm³/mol. The standard InChI is InChI=1S/C25H25FN2O/c1-16-5-10-24(17(2)13-16)29-15-23-25-22(11-12-27-23)18(3)19(4)28(25)14-20-6-8-21(26)9-7-20/h5-13H,14-15H2,1-4H3. The van der Waals surface area contributed by atoms with Crippen molar-refractivity contribution in [1.82, 2.24) is 9.55 Å². The van der Waals surface area contributed by atoms with Gasteiger partial charge in [0.15, 0.2) is 0 Å². The fourth-order valence-electron chi connectivity index (χ4n) is 3.85. The zero-order chi connectivity index (χ0) is 20.5. The maximum atomic E-state index is 13.3. The summed E-state index contributed by atoms with van der Waals surface area (Å²) in [6, 6.07) is 14.9. The van der Waals surface area contributed by atoms with Crippen molar-refractivity contribution in [3.63, 3.8) is 0 Å². The lowest BCUT2D eigenvalue weighted by Crippen LogP contribution is -2.07. The Morgan fingerprint density at radius 3 is 2.45 bits per heavy atom. The van der Waals surface area contributed by atoms with Crippen LogP contribution in [0.25, 0.3) is 10.9 Å². The summed E-state index contributed by atoms with van der Waals surface area (Å²) < 4.78 is 21.7. The van der Waals surface area contributed by atoms with Crippen LogP contribution < -0.4 is 4.74 Å². The third-order valence-electron chi connectivity index (χ3n) is 5.57. The van der Waals surface area contributed by atoms with Crippen LogP contribution in [0.1, 0.15) is 33.6 Å². The van der Waals surface area contributed by atoms with E-state index in [1.165, 1.54) is 34.3 Å². The molecule has 0 aliphatic carbocycles. The van der Waals surface area contributed by atoms with Gasteiger partial charge in [0.05, 0.1) is 5.52 Å². The van der Waals surface area contributed by atoms with E-state index in [4.69, 9.17) is 4.74 Å². The van der Waals surface area contributed by atoms with E-state index in [-0.39, 0.29) is 5.82 Å². The molecule has 0 fully saturated rings. The molecule has 0 spiro atoms. The van der Waals surface area contributed by atoms with Crippen LogP contribution in [0.2, 0.25) is 0 Å². The number of aromatic nitrogens is 2. The Hall–Kier alpha value is -3.14. The molecule has 0 bridgehead atoms. The van der Waals surface area contributed by atoms with Gasteiger partial charge in [-0.1, -0.05) is 29.8 Å². The highest BCUT2D eigenvalue weighted by Crippen LogP contribution is 2.29. The summed E-state index contributed by atoms with van der Waals surface area (Å²) in [7, 11) is 0. The first-order valence-corrected chi connectivity index (χ1v) is 9.82. The summed E-state index contributed by atoms with van der Waals surface area (Å²) in [5, 5.41) is 1.18. The van der Waals surface area contributed by atoms with E-state index in [0.717, 1.165) is 28.1 Å². The molecule has 29 heavy (non-hydrogen) atoms. The number of rotatable bonds is 5. The molecular weight excluding hydrogens is 363 g/mol. The maximum absolute atomic E-state index is 13.3. The van der Waals surface area contributed by atoms with Gasteiger partial charge < -0.3 is 9.30 Å². The van der Waals surface area contributed by atoms with Crippen LogP contribution in [-0.4, -0.2) is 9.55 Å². The average molecular weight is 388 g/mol. The number of pyridine rings is 1. The lowest BCUT2D eigenvalue weighted by molar-refractivity contribution is 0.300. The van der Waals surface area contributed by atoms with E-state index >= 15 is 0 Å². The molecule has 0 saturated heterocycles. The van der Waals surface area contributed by atoms with Crippen molar-refractivity contribution in [3.05, 3.63) is 94.2 Å². The molecule has 0 amide bonds. The number of aryl methyl sites for hydroxylation is 3. The highest BCUT2D eigenvalue weighted by molar-refractivity contribution is 5.87. The first kappa shape index (κ1) is 19.2. The van der Waals surface area contributed by atoms with Gasteiger partial charge in [-0.05, 0) is 68.7 Å². The van der Waals surface area contributed by atoms with Crippen LogP contribution in [0.4, 0.5) is 4.39 Å². The number of hydrogen-bond acceptors (Lipinski definition) is 2. The molecule has 0 radical (unpaired) electrons. The van der Waals surface area contributed by atoms with Crippen molar-refractivity contribution in [2.75, 3.05) is 0 Å². The van der Waals surface area contributed by atoms with E-state index in [2.05, 4.69) is 55.4 Å². The van der Waals surface area contributed by atoms with Crippen molar-refractivity contribution < 1.29 is 9.13 Å². The van der Waals surface area contributed by atoms with Crippen LogP contribution >= 0.6 is 0 Å². The number of ether oxygens (including phenoxy) is 1. The minimum atomic E-state index is -0.219. The monoisotopic (exact) mass is 388 g/mol. The Morgan fingerprint density at radius 2 is 1.72 bits per heavy atom. The molecule has 0 unspecified atom stereocenters. The zero-order valence-corrected chi connectivity index (χ0v) is 17.3. The summed E-state index contributed by atoms with van der Waals surface area (Å²) >= 11 is 0. The van der Waals surface area contributed by atoms with Crippen molar-refractivity contribution in [2.45, 2.75) is 40.8 Å². The molecule has 3 nitrogen and oxygen atoms in total. The van der Waals surface area contributed by atoms with Gasteiger partial charge in [0, 0.05) is 23.8 Å². The molecule has 0 atom stereocenters. The van der Waals surface area contributed by atoms with Crippen LogP contribution in [0.5, 0.6) is 5.75 Å². The predicted octanol–water partition coefficient (Wildman–Crippen LogP) is 6.04. The fourth-order valence-corrected chi connectivity index (χ4v) is 3.85. The molecule has 4 aromatic rings. The lowest BCUT2D eigenvalue weighted by Gasteiger charge is -2.13. The molecule has 4 heteroatoms. The number of hydrogen-bond donors (Lipinski definition) is 0. The highest BCUT2D eigenvalue weighted by atomic mass is 19.1. The molecule has 2 aromatic heterocycles. The average Bonchev–Trinajstić information content (AvgIpc) is 2.94. The minimum Gasteiger partial charge on any atom is -0.487 e. The van der Waals surface area contributed by atoms with Crippen molar-refractivity contribution in [3.8, 4) is 5.75 Å². The topological polar surface area (TPSA) is 27.1 Å². The largest absolute Gasteiger partial charge is 0.487 e. The first-order valence-electron chi connectivity index (χ1n) is 9.82. The number of nitrogens with zero attached hydrogens (tertiary/aromatic N) is 2. The molecule has 148 valence electrons. The van der Waals surface area contributed by atoms with Crippen LogP contribution in [0, 0.1) is 33.5 Å². The SMILES string of the molecule is Cc1ccc(OCc2nccc3c(C)c(C)n(Cc4ccc(F)cc4)c23)c(C)c1. The van der Waals surface area contributed by atoms with E-state index in [9.17, 15) is 4.39 Å². The molecule has 0 N–H and O–H groups in total. The molecule has 0 saturated carbocycles. The van der Waals surface area contributed by atoms with Gasteiger partial charge in [-0.3, -0.25) is 4.98 Å².